The first-order chi connectivity index (χ1) is 17.8. The number of aromatic nitrogens is 6. The van der Waals surface area contributed by atoms with E-state index < -0.39 is 28.1 Å². The molecule has 206 valence electrons. The Morgan fingerprint density at radius 2 is 1.05 bits per heavy atom. The Kier molecular flexibility index (Phi) is 5.74. The van der Waals surface area contributed by atoms with Crippen molar-refractivity contribution in [2.45, 2.75) is 90.1 Å². The van der Waals surface area contributed by atoms with Gasteiger partial charge in [-0.3, -0.25) is 0 Å². The van der Waals surface area contributed by atoms with E-state index in [-0.39, 0.29) is 11.0 Å². The number of fused-ring (bicyclic) bond motifs is 10. The number of rotatable bonds is 0. The molecule has 0 fully saturated rings. The summed E-state index contributed by atoms with van der Waals surface area (Å²) in [5, 5.41) is 9.07. The molecule has 8 bridgehead atoms. The van der Waals surface area contributed by atoms with Gasteiger partial charge in [0.25, 0.3) is 0 Å². The van der Waals surface area contributed by atoms with E-state index in [1.54, 1.807) is 16.8 Å². The van der Waals surface area contributed by atoms with Gasteiger partial charge in [-0.05, 0) is 38.1 Å². The Labute approximate surface area is 227 Å². The van der Waals surface area contributed by atoms with Crippen LogP contribution in [0.4, 0.5) is 13.2 Å². The van der Waals surface area contributed by atoms with Gasteiger partial charge in [0.05, 0.1) is 17.1 Å². The van der Waals surface area contributed by atoms with Gasteiger partial charge >= 0.3 is 6.18 Å². The maximum Gasteiger partial charge on any atom is 0.435 e. The smallest absolute Gasteiger partial charge is 0.233 e. The molecule has 4 aromatic heterocycles. The van der Waals surface area contributed by atoms with Gasteiger partial charge in [-0.2, -0.15) is 23.4 Å². The second-order valence-electron chi connectivity index (χ2n) is 13.1. The largest absolute Gasteiger partial charge is 0.435 e. The van der Waals surface area contributed by atoms with Crippen molar-refractivity contribution in [1.82, 2.24) is 29.5 Å². The van der Waals surface area contributed by atoms with Gasteiger partial charge in [-0.25, -0.2) is 19.3 Å². The summed E-state index contributed by atoms with van der Waals surface area (Å²) in [6, 6.07) is 11.1. The van der Waals surface area contributed by atoms with Crippen LogP contribution in [-0.4, -0.2) is 29.5 Å². The van der Waals surface area contributed by atoms with Crippen molar-refractivity contribution in [3.05, 3.63) is 82.7 Å². The van der Waals surface area contributed by atoms with Gasteiger partial charge < -0.3 is 0 Å². The number of halogens is 3. The molecular weight excluding hydrogens is 501 g/mol. The molecule has 0 atom stereocenters. The Bertz CT molecular complexity index is 1450. The minimum Gasteiger partial charge on any atom is -0.233 e. The van der Waals surface area contributed by atoms with Crippen LogP contribution in [0.5, 0.6) is 0 Å². The van der Waals surface area contributed by atoms with Crippen molar-refractivity contribution in [3.63, 3.8) is 0 Å². The normalized spacial score (nSPS) is 17.8. The minimum absolute atomic E-state index is 0.104. The lowest BCUT2D eigenvalue weighted by Crippen LogP contribution is -2.42. The highest BCUT2D eigenvalue weighted by Crippen LogP contribution is 2.49. The van der Waals surface area contributed by atoms with Crippen molar-refractivity contribution < 1.29 is 13.2 Å². The number of alkyl halides is 3. The van der Waals surface area contributed by atoms with Gasteiger partial charge in [0.1, 0.15) is 0 Å². The second kappa shape index (κ2) is 8.26. The molecule has 0 aromatic carbocycles. The summed E-state index contributed by atoms with van der Waals surface area (Å²) in [6.07, 6.45) is -1.23. The molecule has 0 aliphatic carbocycles. The average Bonchev–Trinajstić information content (AvgIpc) is 3.50. The van der Waals surface area contributed by atoms with E-state index in [4.69, 9.17) is 15.1 Å². The fraction of sp³-hybridized carbons (Fsp3) is 0.467. The summed E-state index contributed by atoms with van der Waals surface area (Å²) < 4.78 is 46.6. The fourth-order valence-corrected chi connectivity index (χ4v) is 5.26. The van der Waals surface area contributed by atoms with Gasteiger partial charge in [-0.1, -0.05) is 60.6 Å². The number of hydrogen-bond acceptors (Lipinski definition) is 4. The van der Waals surface area contributed by atoms with E-state index in [2.05, 4.69) is 25.9 Å². The molecule has 9 heteroatoms. The summed E-state index contributed by atoms with van der Waals surface area (Å²) in [5.74, 6) is 0.956. The van der Waals surface area contributed by atoms with Crippen LogP contribution in [0.1, 0.15) is 96.2 Å². The Balaban J connectivity index is 1.92. The molecule has 0 saturated carbocycles. The highest BCUT2D eigenvalue weighted by atomic mass is 19.4. The third-order valence-electron chi connectivity index (χ3n) is 8.54. The lowest BCUT2D eigenvalue weighted by atomic mass is 9.60. The molecule has 1 aliphatic heterocycles. The van der Waals surface area contributed by atoms with Crippen LogP contribution in [0, 0.1) is 0 Å². The Morgan fingerprint density at radius 1 is 0.641 bits per heavy atom. The zero-order valence-electron chi connectivity index (χ0n) is 23.9. The Hall–Kier alpha value is -3.49. The highest BCUT2D eigenvalue weighted by molar-refractivity contribution is 5.45. The first-order valence-corrected chi connectivity index (χ1v) is 13.1. The van der Waals surface area contributed by atoms with Crippen molar-refractivity contribution >= 4 is 0 Å². The lowest BCUT2D eigenvalue weighted by molar-refractivity contribution is -0.142. The fourth-order valence-electron chi connectivity index (χ4n) is 5.26. The predicted molar refractivity (Wildman–Crippen MR) is 145 cm³/mol. The van der Waals surface area contributed by atoms with Crippen molar-refractivity contribution in [1.29, 1.82) is 0 Å². The van der Waals surface area contributed by atoms with Crippen molar-refractivity contribution in [2.24, 2.45) is 0 Å². The monoisotopic (exact) mass is 536 g/mol. The van der Waals surface area contributed by atoms with Crippen molar-refractivity contribution in [2.75, 3.05) is 0 Å². The quantitative estimate of drug-likeness (QED) is 0.241. The number of nitrogens with zero attached hydrogens (tertiary/aromatic N) is 6. The number of hydrogen-bond donors (Lipinski definition) is 0. The summed E-state index contributed by atoms with van der Waals surface area (Å²) in [4.78, 5) is 9.77. The molecule has 0 unspecified atom stereocenters. The topological polar surface area (TPSA) is 61.4 Å². The van der Waals surface area contributed by atoms with E-state index in [1.165, 1.54) is 10.9 Å². The molecule has 5 heterocycles. The van der Waals surface area contributed by atoms with Gasteiger partial charge in [0.15, 0.2) is 17.3 Å². The van der Waals surface area contributed by atoms with Crippen LogP contribution in [0.15, 0.2) is 48.8 Å². The third-order valence-corrected chi connectivity index (χ3v) is 8.54. The van der Waals surface area contributed by atoms with E-state index in [0.717, 1.165) is 17.0 Å². The second-order valence-corrected chi connectivity index (χ2v) is 13.1. The molecule has 0 saturated heterocycles. The third kappa shape index (κ3) is 4.17. The molecule has 5 rings (SSSR count). The van der Waals surface area contributed by atoms with Crippen LogP contribution >= 0.6 is 0 Å². The first kappa shape index (κ1) is 27.1. The van der Waals surface area contributed by atoms with E-state index in [0.29, 0.717) is 17.3 Å². The molecule has 0 amide bonds. The molecule has 0 spiro atoms. The van der Waals surface area contributed by atoms with E-state index in [9.17, 15) is 13.2 Å². The highest BCUT2D eigenvalue weighted by Gasteiger charge is 2.50. The predicted octanol–water partition coefficient (Wildman–Crippen LogP) is 7.06. The minimum atomic E-state index is -4.64. The summed E-state index contributed by atoms with van der Waals surface area (Å²) in [5.41, 5.74) is -0.488. The molecule has 0 N–H and O–H groups in total. The first-order valence-electron chi connectivity index (χ1n) is 13.1. The van der Waals surface area contributed by atoms with Crippen LogP contribution in [0.3, 0.4) is 0 Å². The lowest BCUT2D eigenvalue weighted by Gasteiger charge is -2.43. The molecule has 6 nitrogen and oxygen atoms in total. The molecule has 1 aliphatic rings. The van der Waals surface area contributed by atoms with E-state index >= 15 is 0 Å². The number of pyridine rings is 2. The zero-order valence-corrected chi connectivity index (χ0v) is 23.9. The molecule has 4 aromatic rings. The van der Waals surface area contributed by atoms with Gasteiger partial charge in [0, 0.05) is 45.2 Å². The standard InChI is InChI=1S/C30H35F3N6/c1-26(2,3)24-18-16-38(36-24)22-14-10-12-20(34-22)27(4,5)21-13-11-15-23(35-21)39-17-19(25(37-39)30(31,32)33)29(8,9)28(18,6)7/h10-17H,1-9H3. The van der Waals surface area contributed by atoms with Gasteiger partial charge in [0.2, 0.25) is 0 Å². The average molecular weight is 537 g/mol. The van der Waals surface area contributed by atoms with Crippen LogP contribution in [0.25, 0.3) is 11.6 Å². The van der Waals surface area contributed by atoms with E-state index in [1.807, 2.05) is 72.0 Å². The maximum absolute atomic E-state index is 14.5. The Morgan fingerprint density at radius 3 is 1.46 bits per heavy atom. The maximum atomic E-state index is 14.5. The summed E-state index contributed by atoms with van der Waals surface area (Å²) in [6.45, 7) is 17.8. The van der Waals surface area contributed by atoms with Crippen LogP contribution in [-0.2, 0) is 27.8 Å². The van der Waals surface area contributed by atoms with Crippen LogP contribution < -0.4 is 0 Å². The molecular formula is C30H35F3N6. The molecule has 0 radical (unpaired) electrons. The summed E-state index contributed by atoms with van der Waals surface area (Å²) >= 11 is 0. The summed E-state index contributed by atoms with van der Waals surface area (Å²) in [7, 11) is 0. The zero-order chi connectivity index (χ0) is 28.8. The van der Waals surface area contributed by atoms with Crippen LogP contribution in [0.2, 0.25) is 0 Å². The van der Waals surface area contributed by atoms with Gasteiger partial charge in [-0.15, -0.1) is 0 Å². The molecule has 39 heavy (non-hydrogen) atoms. The van der Waals surface area contributed by atoms with Crippen molar-refractivity contribution in [3.8, 4) is 11.6 Å². The SMILES string of the molecule is CC(C)(C)c1nn2cc1C(C)(C)C(C)(C)c1cn(nc1C(F)(F)F)-c1cccc(n1)C(C)(C)c1cccc-2n1.